The van der Waals surface area contributed by atoms with E-state index in [1.165, 1.54) is 83.5 Å². The van der Waals surface area contributed by atoms with Gasteiger partial charge in [-0.3, -0.25) is 0 Å². The van der Waals surface area contributed by atoms with Gasteiger partial charge in [0.25, 0.3) is 0 Å². The van der Waals surface area contributed by atoms with Crippen LogP contribution in [0.3, 0.4) is 0 Å². The number of hydrogen-bond acceptors (Lipinski definition) is 2. The summed E-state index contributed by atoms with van der Waals surface area (Å²) in [5, 5.41) is 0. The topological polar surface area (TPSA) is 18.5 Å². The van der Waals surface area contributed by atoms with E-state index in [0.29, 0.717) is 5.92 Å². The third-order valence-electron chi connectivity index (χ3n) is 4.96. The Balaban J connectivity index is 3.34. The van der Waals surface area contributed by atoms with Gasteiger partial charge >= 0.3 is 8.56 Å². The first kappa shape index (κ1) is 25.9. The fourth-order valence-corrected chi connectivity index (χ4v) is 4.60. The largest absolute Gasteiger partial charge is 0.391 e. The van der Waals surface area contributed by atoms with Crippen LogP contribution in [-0.2, 0) is 8.85 Å². The van der Waals surface area contributed by atoms with Crippen LogP contribution in [0.5, 0.6) is 0 Å². The van der Waals surface area contributed by atoms with Gasteiger partial charge in [0.2, 0.25) is 0 Å². The molecule has 0 aliphatic rings. The van der Waals surface area contributed by atoms with Gasteiger partial charge in [0.15, 0.2) is 0 Å². The maximum absolute atomic E-state index is 6.03. The van der Waals surface area contributed by atoms with Crippen molar-refractivity contribution in [3.63, 3.8) is 0 Å². The third-order valence-corrected chi connectivity index (χ3v) is 7.22. The van der Waals surface area contributed by atoms with Crippen molar-refractivity contribution in [1.82, 2.24) is 0 Å². The normalized spacial score (nSPS) is 13.9. The molecule has 0 saturated carbocycles. The minimum absolute atomic E-state index is 0.548. The Bertz CT molecular complexity index is 307. The second-order valence-electron chi connectivity index (χ2n) is 8.37. The van der Waals surface area contributed by atoms with Crippen LogP contribution >= 0.6 is 0 Å². The van der Waals surface area contributed by atoms with Gasteiger partial charge in [-0.1, -0.05) is 104 Å². The lowest BCUT2D eigenvalue weighted by Crippen LogP contribution is -2.38. The summed E-state index contributed by atoms with van der Waals surface area (Å²) in [6.45, 7) is 14.2. The zero-order valence-electron chi connectivity index (χ0n) is 18.5. The Labute approximate surface area is 166 Å². The van der Waals surface area contributed by atoms with Crippen molar-refractivity contribution in [3.05, 3.63) is 12.3 Å². The van der Waals surface area contributed by atoms with Crippen molar-refractivity contribution in [2.75, 3.05) is 13.2 Å². The van der Waals surface area contributed by atoms with Gasteiger partial charge in [0.05, 0.1) is 0 Å². The van der Waals surface area contributed by atoms with E-state index < -0.39 is 8.56 Å². The van der Waals surface area contributed by atoms with Crippen LogP contribution in [0.1, 0.15) is 111 Å². The summed E-state index contributed by atoms with van der Waals surface area (Å²) < 4.78 is 12.0. The van der Waals surface area contributed by atoms with Crippen LogP contribution < -0.4 is 0 Å². The second kappa shape index (κ2) is 18.2. The van der Waals surface area contributed by atoms with Gasteiger partial charge in [-0.25, -0.2) is 0 Å². The lowest BCUT2D eigenvalue weighted by atomic mass is 10.0. The lowest BCUT2D eigenvalue weighted by Gasteiger charge is -2.24. The summed E-state index contributed by atoms with van der Waals surface area (Å²) in [4.78, 5) is 0. The summed E-state index contributed by atoms with van der Waals surface area (Å²) >= 11 is 0. The minimum atomic E-state index is -2.13. The van der Waals surface area contributed by atoms with Gasteiger partial charge < -0.3 is 8.85 Å². The highest BCUT2D eigenvalue weighted by Crippen LogP contribution is 2.14. The summed E-state index contributed by atoms with van der Waals surface area (Å²) in [5.74, 6) is 0.548. The van der Waals surface area contributed by atoms with Gasteiger partial charge in [0, 0.05) is 13.2 Å². The van der Waals surface area contributed by atoms with Crippen LogP contribution in [0, 0.1) is 5.92 Å². The Morgan fingerprint density at radius 2 is 1.15 bits per heavy atom. The molecule has 0 saturated heterocycles. The van der Waals surface area contributed by atoms with E-state index in [9.17, 15) is 0 Å². The number of rotatable bonds is 20. The third kappa shape index (κ3) is 17.3. The fraction of sp³-hybridized carbons (Fsp3) is 0.913. The zero-order valence-corrected chi connectivity index (χ0v) is 19.5. The molecule has 0 bridgehead atoms. The highest BCUT2D eigenvalue weighted by atomic mass is 28.4. The van der Waals surface area contributed by atoms with Crippen LogP contribution in [0.25, 0.3) is 0 Å². The van der Waals surface area contributed by atoms with E-state index >= 15 is 0 Å². The summed E-state index contributed by atoms with van der Waals surface area (Å²) in [5.41, 5.74) is 1.92. The molecule has 1 atom stereocenters. The van der Waals surface area contributed by atoms with Crippen molar-refractivity contribution in [2.45, 2.75) is 117 Å². The van der Waals surface area contributed by atoms with Gasteiger partial charge in [-0.15, -0.1) is 6.58 Å². The highest BCUT2D eigenvalue weighted by Gasteiger charge is 2.27. The molecule has 0 spiro atoms. The smallest absolute Gasteiger partial charge is 0.361 e. The first-order valence-corrected chi connectivity index (χ1v) is 13.8. The summed E-state index contributed by atoms with van der Waals surface area (Å²) in [6, 6.07) is 0. The molecule has 0 amide bonds. The van der Waals surface area contributed by atoms with Crippen molar-refractivity contribution >= 4 is 8.56 Å². The standard InChI is InChI=1S/C23H48O2Si/c1-6-8-9-10-11-12-13-14-15-16-17-18-19-20-21-24-26(5,7-2)25-22-23(3)4/h7,23H,2,6,8-22H2,1,3-5H3. The fourth-order valence-electron chi connectivity index (χ4n) is 3.06. The summed E-state index contributed by atoms with van der Waals surface area (Å²) in [6.07, 6.45) is 19.5. The van der Waals surface area contributed by atoms with Crippen molar-refractivity contribution in [1.29, 1.82) is 0 Å². The van der Waals surface area contributed by atoms with Gasteiger partial charge in [-0.05, 0) is 24.6 Å². The maximum atomic E-state index is 6.03. The van der Waals surface area contributed by atoms with E-state index in [-0.39, 0.29) is 0 Å². The molecule has 0 rings (SSSR count). The predicted octanol–water partition coefficient (Wildman–Crippen LogP) is 7.95. The Morgan fingerprint density at radius 3 is 1.54 bits per heavy atom. The van der Waals surface area contributed by atoms with E-state index in [1.807, 2.05) is 5.70 Å². The minimum Gasteiger partial charge on any atom is -0.391 e. The molecule has 0 aromatic carbocycles. The van der Waals surface area contributed by atoms with Crippen molar-refractivity contribution < 1.29 is 8.85 Å². The summed E-state index contributed by atoms with van der Waals surface area (Å²) in [7, 11) is -2.13. The Kier molecular flexibility index (Phi) is 18.2. The molecule has 1 unspecified atom stereocenters. The average Bonchev–Trinajstić information content (AvgIpc) is 2.63. The second-order valence-corrected chi connectivity index (χ2v) is 11.4. The van der Waals surface area contributed by atoms with Crippen LogP contribution in [0.4, 0.5) is 0 Å². The van der Waals surface area contributed by atoms with Crippen LogP contribution in [0.15, 0.2) is 12.3 Å². The quantitative estimate of drug-likeness (QED) is 0.156. The monoisotopic (exact) mass is 384 g/mol. The SMILES string of the molecule is C=C[Si](C)(OCCCCCCCCCCCCCCCC)OCC(C)C. The van der Waals surface area contributed by atoms with E-state index in [1.54, 1.807) is 0 Å². The lowest BCUT2D eigenvalue weighted by molar-refractivity contribution is 0.164. The first-order valence-electron chi connectivity index (χ1n) is 11.5. The van der Waals surface area contributed by atoms with E-state index in [4.69, 9.17) is 8.85 Å². The number of hydrogen-bond donors (Lipinski definition) is 0. The molecule has 0 aliphatic heterocycles. The molecular formula is C23H48O2Si. The van der Waals surface area contributed by atoms with Crippen molar-refractivity contribution in [2.24, 2.45) is 5.92 Å². The zero-order chi connectivity index (χ0) is 19.5. The van der Waals surface area contributed by atoms with Gasteiger partial charge in [0.1, 0.15) is 0 Å². The Hall–Kier alpha value is -0.123. The molecular weight excluding hydrogens is 336 g/mol. The number of unbranched alkanes of at least 4 members (excludes halogenated alkanes) is 13. The molecule has 26 heavy (non-hydrogen) atoms. The maximum Gasteiger partial charge on any atom is 0.361 e. The molecule has 0 aromatic heterocycles. The predicted molar refractivity (Wildman–Crippen MR) is 119 cm³/mol. The average molecular weight is 385 g/mol. The molecule has 0 heterocycles. The molecule has 0 fully saturated rings. The first-order chi connectivity index (χ1) is 12.5. The molecule has 0 aromatic rings. The molecule has 0 N–H and O–H groups in total. The molecule has 0 aliphatic carbocycles. The Morgan fingerprint density at radius 1 is 0.731 bits per heavy atom. The molecule has 2 nitrogen and oxygen atoms in total. The van der Waals surface area contributed by atoms with E-state index in [2.05, 4.69) is 33.9 Å². The molecule has 156 valence electrons. The van der Waals surface area contributed by atoms with Crippen LogP contribution in [0.2, 0.25) is 6.55 Å². The molecule has 0 radical (unpaired) electrons. The van der Waals surface area contributed by atoms with Crippen molar-refractivity contribution in [3.8, 4) is 0 Å². The van der Waals surface area contributed by atoms with E-state index in [0.717, 1.165) is 19.6 Å². The van der Waals surface area contributed by atoms with Crippen LogP contribution in [-0.4, -0.2) is 21.8 Å². The molecule has 3 heteroatoms. The van der Waals surface area contributed by atoms with Gasteiger partial charge in [-0.2, -0.15) is 0 Å². The highest BCUT2D eigenvalue weighted by molar-refractivity contribution is 6.71.